The summed E-state index contributed by atoms with van der Waals surface area (Å²) in [6.45, 7) is 1.71. The van der Waals surface area contributed by atoms with Crippen LogP contribution in [0.4, 0.5) is 0 Å². The van der Waals surface area contributed by atoms with Gasteiger partial charge in [0.1, 0.15) is 11.6 Å². The van der Waals surface area contributed by atoms with Gasteiger partial charge in [-0.1, -0.05) is 0 Å². The van der Waals surface area contributed by atoms with Gasteiger partial charge >= 0.3 is 0 Å². The molecule has 68 valence electrons. The van der Waals surface area contributed by atoms with Gasteiger partial charge in [-0.25, -0.2) is 0 Å². The molecule has 2 atom stereocenters. The predicted molar refractivity (Wildman–Crippen MR) is 45.6 cm³/mol. The molecule has 2 N–H and O–H groups in total. The Morgan fingerprint density at radius 2 is 2.08 bits per heavy atom. The van der Waals surface area contributed by atoms with Crippen molar-refractivity contribution in [2.24, 2.45) is 17.6 Å². The van der Waals surface area contributed by atoms with Crippen LogP contribution in [-0.2, 0) is 9.59 Å². The Bertz CT molecular complexity index is 201. The number of hydrogen-bond donors (Lipinski definition) is 1. The van der Waals surface area contributed by atoms with E-state index < -0.39 is 0 Å². The van der Waals surface area contributed by atoms with Gasteiger partial charge in [-0.05, 0) is 25.7 Å². The van der Waals surface area contributed by atoms with E-state index in [9.17, 15) is 9.59 Å². The number of nitrogens with two attached hydrogens (primary N) is 1. The summed E-state index contributed by atoms with van der Waals surface area (Å²) in [5.74, 6) is 0.723. The molecule has 0 spiro atoms. The topological polar surface area (TPSA) is 60.2 Å². The van der Waals surface area contributed by atoms with E-state index in [1.807, 2.05) is 0 Å². The number of Topliss-reactive ketones (excluding diaryl/α,β-unsaturated/α-hetero) is 2. The van der Waals surface area contributed by atoms with E-state index in [1.54, 1.807) is 6.92 Å². The van der Waals surface area contributed by atoms with Gasteiger partial charge in [0.2, 0.25) is 0 Å². The van der Waals surface area contributed by atoms with Gasteiger partial charge < -0.3 is 5.73 Å². The van der Waals surface area contributed by atoms with Crippen LogP contribution in [0.25, 0.3) is 0 Å². The number of hydrogen-bond acceptors (Lipinski definition) is 3. The number of ketones is 2. The first-order valence-electron chi connectivity index (χ1n) is 4.37. The minimum atomic E-state index is 0.0750. The Morgan fingerprint density at radius 3 is 2.42 bits per heavy atom. The van der Waals surface area contributed by atoms with Crippen molar-refractivity contribution in [3.63, 3.8) is 0 Å². The molecular formula is C9H15NO2. The molecule has 0 aromatic rings. The second-order valence-corrected chi connectivity index (χ2v) is 3.50. The Kier molecular flexibility index (Phi) is 2.98. The molecule has 0 aliphatic heterocycles. The van der Waals surface area contributed by atoms with Gasteiger partial charge in [0.15, 0.2) is 0 Å². The molecule has 0 aromatic carbocycles. The Hall–Kier alpha value is -0.700. The molecule has 1 fully saturated rings. The quantitative estimate of drug-likeness (QED) is 0.667. The van der Waals surface area contributed by atoms with E-state index in [-0.39, 0.29) is 24.0 Å². The van der Waals surface area contributed by atoms with Crippen LogP contribution in [0, 0.1) is 11.8 Å². The highest BCUT2D eigenvalue weighted by Crippen LogP contribution is 2.37. The van der Waals surface area contributed by atoms with Crippen molar-refractivity contribution in [2.45, 2.75) is 26.2 Å². The van der Waals surface area contributed by atoms with Gasteiger partial charge in [-0.2, -0.15) is 0 Å². The zero-order chi connectivity index (χ0) is 9.14. The summed E-state index contributed by atoms with van der Waals surface area (Å²) < 4.78 is 0. The minimum Gasteiger partial charge on any atom is -0.324 e. The molecular weight excluding hydrogens is 154 g/mol. The average Bonchev–Trinajstić information content (AvgIpc) is 1.96. The number of rotatable bonds is 4. The molecule has 1 rings (SSSR count). The maximum atomic E-state index is 11.0. The first-order chi connectivity index (χ1) is 5.65. The monoisotopic (exact) mass is 169 g/mol. The second kappa shape index (κ2) is 3.81. The second-order valence-electron chi connectivity index (χ2n) is 3.50. The fraction of sp³-hybridized carbons (Fsp3) is 0.778. The highest BCUT2D eigenvalue weighted by atomic mass is 16.1. The SMILES string of the molecule is CC(=O)C1CCC1CC(=O)CN. The summed E-state index contributed by atoms with van der Waals surface area (Å²) in [5, 5.41) is 0. The first kappa shape index (κ1) is 9.39. The van der Waals surface area contributed by atoms with Gasteiger partial charge in [-0.3, -0.25) is 9.59 Å². The lowest BCUT2D eigenvalue weighted by molar-refractivity contribution is -0.127. The van der Waals surface area contributed by atoms with Gasteiger partial charge in [0, 0.05) is 12.3 Å². The summed E-state index contributed by atoms with van der Waals surface area (Å²) in [5.41, 5.74) is 5.19. The van der Waals surface area contributed by atoms with Crippen LogP contribution in [0.5, 0.6) is 0 Å². The van der Waals surface area contributed by atoms with Crippen molar-refractivity contribution in [3.8, 4) is 0 Å². The van der Waals surface area contributed by atoms with Crippen molar-refractivity contribution in [3.05, 3.63) is 0 Å². The Balaban J connectivity index is 2.34. The molecule has 2 unspecified atom stereocenters. The van der Waals surface area contributed by atoms with Crippen molar-refractivity contribution < 1.29 is 9.59 Å². The summed E-state index contributed by atoms with van der Waals surface area (Å²) >= 11 is 0. The lowest BCUT2D eigenvalue weighted by Crippen LogP contribution is -2.34. The van der Waals surface area contributed by atoms with Crippen molar-refractivity contribution in [2.75, 3.05) is 6.54 Å². The predicted octanol–water partition coefficient (Wildman–Crippen LogP) is 0.520. The maximum Gasteiger partial charge on any atom is 0.146 e. The van der Waals surface area contributed by atoms with Gasteiger partial charge in [-0.15, -0.1) is 0 Å². The zero-order valence-corrected chi connectivity index (χ0v) is 7.38. The molecule has 3 heteroatoms. The smallest absolute Gasteiger partial charge is 0.146 e. The van der Waals surface area contributed by atoms with Crippen LogP contribution in [0.15, 0.2) is 0 Å². The van der Waals surface area contributed by atoms with Crippen LogP contribution < -0.4 is 5.73 Å². The van der Waals surface area contributed by atoms with E-state index >= 15 is 0 Å². The molecule has 0 amide bonds. The molecule has 1 saturated carbocycles. The van der Waals surface area contributed by atoms with E-state index in [0.717, 1.165) is 12.8 Å². The van der Waals surface area contributed by atoms with Crippen molar-refractivity contribution in [1.29, 1.82) is 0 Å². The van der Waals surface area contributed by atoms with Crippen LogP contribution in [0.1, 0.15) is 26.2 Å². The first-order valence-corrected chi connectivity index (χ1v) is 4.37. The van der Waals surface area contributed by atoms with Crippen LogP contribution in [0.3, 0.4) is 0 Å². The van der Waals surface area contributed by atoms with Crippen LogP contribution >= 0.6 is 0 Å². The zero-order valence-electron chi connectivity index (χ0n) is 7.38. The third-order valence-electron chi connectivity index (χ3n) is 2.66. The summed E-state index contributed by atoms with van der Waals surface area (Å²) in [4.78, 5) is 21.9. The molecule has 1 aliphatic carbocycles. The summed E-state index contributed by atoms with van der Waals surface area (Å²) in [7, 11) is 0. The Labute approximate surface area is 72.3 Å². The van der Waals surface area contributed by atoms with E-state index in [2.05, 4.69) is 0 Å². The molecule has 1 aliphatic rings. The third-order valence-corrected chi connectivity index (χ3v) is 2.66. The molecule has 0 radical (unpaired) electrons. The number of carbonyl (C=O) groups excluding carboxylic acids is 2. The molecule has 12 heavy (non-hydrogen) atoms. The average molecular weight is 169 g/mol. The minimum absolute atomic E-state index is 0.0750. The highest BCUT2D eigenvalue weighted by molar-refractivity contribution is 5.83. The Morgan fingerprint density at radius 1 is 1.42 bits per heavy atom. The summed E-state index contributed by atoms with van der Waals surface area (Å²) in [6, 6.07) is 0. The maximum absolute atomic E-state index is 11.0. The van der Waals surface area contributed by atoms with E-state index in [4.69, 9.17) is 5.73 Å². The highest BCUT2D eigenvalue weighted by Gasteiger charge is 2.34. The largest absolute Gasteiger partial charge is 0.324 e. The standard InChI is InChI=1S/C9H15NO2/c1-6(11)9-3-2-7(9)4-8(12)5-10/h7,9H,2-5,10H2,1H3. The fourth-order valence-corrected chi connectivity index (χ4v) is 1.72. The van der Waals surface area contributed by atoms with Crippen molar-refractivity contribution >= 4 is 11.6 Å². The molecule has 0 saturated heterocycles. The van der Waals surface area contributed by atoms with Crippen LogP contribution in [-0.4, -0.2) is 18.1 Å². The lowest BCUT2D eigenvalue weighted by atomic mass is 9.69. The van der Waals surface area contributed by atoms with Crippen LogP contribution in [0.2, 0.25) is 0 Å². The molecule has 0 aromatic heterocycles. The lowest BCUT2D eigenvalue weighted by Gasteiger charge is -2.34. The molecule has 0 bridgehead atoms. The van der Waals surface area contributed by atoms with Gasteiger partial charge in [0.25, 0.3) is 0 Å². The van der Waals surface area contributed by atoms with Crippen molar-refractivity contribution in [1.82, 2.24) is 0 Å². The van der Waals surface area contributed by atoms with Gasteiger partial charge in [0.05, 0.1) is 6.54 Å². The third kappa shape index (κ3) is 1.91. The molecule has 3 nitrogen and oxygen atoms in total. The normalized spacial score (nSPS) is 27.8. The summed E-state index contributed by atoms with van der Waals surface area (Å²) in [6.07, 6.45) is 2.47. The fourth-order valence-electron chi connectivity index (χ4n) is 1.72. The van der Waals surface area contributed by atoms with E-state index in [1.165, 1.54) is 0 Å². The van der Waals surface area contributed by atoms with E-state index in [0.29, 0.717) is 12.3 Å². The molecule has 0 heterocycles. The number of carbonyl (C=O) groups is 2.